The first-order valence-electron chi connectivity index (χ1n) is 10.2. The van der Waals surface area contributed by atoms with Crippen LogP contribution in [0.4, 0.5) is 10.5 Å². The first kappa shape index (κ1) is 25.4. The van der Waals surface area contributed by atoms with Crippen molar-refractivity contribution in [2.75, 3.05) is 4.90 Å². The second-order valence-electron chi connectivity index (χ2n) is 7.62. The van der Waals surface area contributed by atoms with E-state index in [0.717, 1.165) is 10.5 Å². The lowest BCUT2D eigenvalue weighted by atomic mass is 10.1. The van der Waals surface area contributed by atoms with Gasteiger partial charge in [-0.1, -0.05) is 41.4 Å². The SMILES string of the molecule is Cc1ccc(Cl)cc1N1C(=O)NC(=O)/C(=C\c2cc(Br)c(OCc3ccc(Cl)cc3)c(Br)c2)C1=O. The van der Waals surface area contributed by atoms with E-state index in [4.69, 9.17) is 27.9 Å². The highest BCUT2D eigenvalue weighted by atomic mass is 79.9. The Morgan fingerprint density at radius 2 is 1.57 bits per heavy atom. The summed E-state index contributed by atoms with van der Waals surface area (Å²) in [4.78, 5) is 39.2. The second kappa shape index (κ2) is 10.5. The van der Waals surface area contributed by atoms with E-state index in [1.165, 1.54) is 12.1 Å². The third-order valence-electron chi connectivity index (χ3n) is 5.14. The number of barbiturate groups is 1. The number of urea groups is 1. The Balaban J connectivity index is 1.62. The summed E-state index contributed by atoms with van der Waals surface area (Å²) in [6, 6.07) is 14.7. The Bertz CT molecular complexity index is 1370. The Kier molecular flexibility index (Phi) is 7.66. The molecule has 1 aliphatic rings. The number of benzene rings is 3. The fraction of sp³-hybridized carbons (Fsp3) is 0.0800. The zero-order chi connectivity index (χ0) is 25.3. The molecule has 1 heterocycles. The van der Waals surface area contributed by atoms with Gasteiger partial charge in [0.15, 0.2) is 0 Å². The maximum atomic E-state index is 13.2. The van der Waals surface area contributed by atoms with Crippen LogP contribution in [0.15, 0.2) is 69.1 Å². The van der Waals surface area contributed by atoms with Crippen LogP contribution in [0.5, 0.6) is 5.75 Å². The number of nitrogens with one attached hydrogen (secondary N) is 1. The van der Waals surface area contributed by atoms with E-state index in [2.05, 4.69) is 37.2 Å². The molecule has 0 aromatic heterocycles. The van der Waals surface area contributed by atoms with Crippen LogP contribution in [-0.4, -0.2) is 17.8 Å². The van der Waals surface area contributed by atoms with Crippen LogP contribution >= 0.6 is 55.1 Å². The van der Waals surface area contributed by atoms with Gasteiger partial charge in [-0.05, 0) is 97.9 Å². The molecule has 3 aromatic rings. The molecule has 0 unspecified atom stereocenters. The number of carbonyl (C=O) groups is 3. The molecule has 178 valence electrons. The Labute approximate surface area is 228 Å². The van der Waals surface area contributed by atoms with Gasteiger partial charge < -0.3 is 4.74 Å². The highest BCUT2D eigenvalue weighted by molar-refractivity contribution is 9.11. The predicted octanol–water partition coefficient (Wildman–Crippen LogP) is 7.07. The monoisotopic (exact) mass is 636 g/mol. The molecule has 6 nitrogen and oxygen atoms in total. The van der Waals surface area contributed by atoms with Crippen LogP contribution in [0.25, 0.3) is 6.08 Å². The molecule has 0 bridgehead atoms. The number of imide groups is 2. The number of rotatable bonds is 5. The lowest BCUT2D eigenvalue weighted by molar-refractivity contribution is -0.122. The fourth-order valence-corrected chi connectivity index (χ4v) is 5.15. The number of ether oxygens (including phenoxy) is 1. The van der Waals surface area contributed by atoms with Crippen LogP contribution < -0.4 is 15.0 Å². The topological polar surface area (TPSA) is 75.7 Å². The minimum Gasteiger partial charge on any atom is -0.487 e. The molecule has 1 N–H and O–H groups in total. The summed E-state index contributed by atoms with van der Waals surface area (Å²) in [5.74, 6) is -0.987. The van der Waals surface area contributed by atoms with Gasteiger partial charge in [-0.2, -0.15) is 0 Å². The van der Waals surface area contributed by atoms with E-state index in [9.17, 15) is 14.4 Å². The number of carbonyl (C=O) groups excluding carboxylic acids is 3. The smallest absolute Gasteiger partial charge is 0.335 e. The van der Waals surface area contributed by atoms with Gasteiger partial charge in [0.05, 0.1) is 14.6 Å². The Morgan fingerprint density at radius 3 is 2.23 bits per heavy atom. The molecule has 10 heteroatoms. The molecule has 0 radical (unpaired) electrons. The predicted molar refractivity (Wildman–Crippen MR) is 143 cm³/mol. The van der Waals surface area contributed by atoms with Crippen molar-refractivity contribution in [3.63, 3.8) is 0 Å². The van der Waals surface area contributed by atoms with E-state index in [-0.39, 0.29) is 5.57 Å². The molecule has 0 spiro atoms. The van der Waals surface area contributed by atoms with Crippen LogP contribution in [0.2, 0.25) is 10.0 Å². The summed E-state index contributed by atoms with van der Waals surface area (Å²) >= 11 is 19.0. The number of amides is 4. The third kappa shape index (κ3) is 5.62. The van der Waals surface area contributed by atoms with E-state index >= 15 is 0 Å². The molecule has 0 atom stereocenters. The Morgan fingerprint density at radius 1 is 0.943 bits per heavy atom. The van der Waals surface area contributed by atoms with Gasteiger partial charge in [0.2, 0.25) is 0 Å². The zero-order valence-electron chi connectivity index (χ0n) is 18.1. The van der Waals surface area contributed by atoms with Gasteiger partial charge >= 0.3 is 6.03 Å². The highest BCUT2D eigenvalue weighted by Gasteiger charge is 2.37. The van der Waals surface area contributed by atoms with Crippen molar-refractivity contribution in [3.8, 4) is 5.75 Å². The average Bonchev–Trinajstić information content (AvgIpc) is 2.79. The van der Waals surface area contributed by atoms with E-state index in [0.29, 0.717) is 48.2 Å². The molecule has 3 aromatic carbocycles. The zero-order valence-corrected chi connectivity index (χ0v) is 22.8. The van der Waals surface area contributed by atoms with Gasteiger partial charge in [-0.3, -0.25) is 14.9 Å². The standard InChI is InChI=1S/C25H16Br2Cl2N2O4/c1-13-2-5-17(29)11-21(13)31-24(33)18(23(32)30-25(31)34)8-15-9-19(26)22(20(27)10-15)35-12-14-3-6-16(28)7-4-14/h2-11H,12H2,1H3,(H,30,32,34)/b18-8+. The number of hydrogen-bond donors (Lipinski definition) is 1. The molecule has 1 saturated heterocycles. The first-order chi connectivity index (χ1) is 16.6. The van der Waals surface area contributed by atoms with E-state index in [1.54, 1.807) is 43.3 Å². The normalized spacial score (nSPS) is 14.9. The minimum atomic E-state index is -0.837. The quantitative estimate of drug-likeness (QED) is 0.240. The van der Waals surface area contributed by atoms with Gasteiger partial charge in [-0.15, -0.1) is 0 Å². The van der Waals surface area contributed by atoms with Crippen molar-refractivity contribution >= 4 is 84.7 Å². The maximum Gasteiger partial charge on any atom is 0.335 e. The number of halogens is 4. The average molecular weight is 639 g/mol. The van der Waals surface area contributed by atoms with Gasteiger partial charge in [0.25, 0.3) is 11.8 Å². The molecular weight excluding hydrogens is 623 g/mol. The molecule has 35 heavy (non-hydrogen) atoms. The van der Waals surface area contributed by atoms with Gasteiger partial charge in [-0.25, -0.2) is 9.69 Å². The van der Waals surface area contributed by atoms with Crippen molar-refractivity contribution in [1.29, 1.82) is 0 Å². The lowest BCUT2D eigenvalue weighted by Gasteiger charge is -2.27. The van der Waals surface area contributed by atoms with Crippen molar-refractivity contribution < 1.29 is 19.1 Å². The van der Waals surface area contributed by atoms with Crippen LogP contribution in [0.3, 0.4) is 0 Å². The van der Waals surface area contributed by atoms with E-state index in [1.807, 2.05) is 12.1 Å². The fourth-order valence-electron chi connectivity index (χ4n) is 3.40. The van der Waals surface area contributed by atoms with Crippen molar-refractivity contribution in [2.24, 2.45) is 0 Å². The molecule has 0 saturated carbocycles. The maximum absolute atomic E-state index is 13.2. The summed E-state index contributed by atoms with van der Waals surface area (Å²) in [7, 11) is 0. The number of anilines is 1. The highest BCUT2D eigenvalue weighted by Crippen LogP contribution is 2.36. The summed E-state index contributed by atoms with van der Waals surface area (Å²) in [6.45, 7) is 2.05. The number of aryl methyl sites for hydroxylation is 1. The third-order valence-corrected chi connectivity index (χ3v) is 6.81. The number of hydrogen-bond acceptors (Lipinski definition) is 4. The second-order valence-corrected chi connectivity index (χ2v) is 10.2. The van der Waals surface area contributed by atoms with Gasteiger partial charge in [0.1, 0.15) is 17.9 Å². The van der Waals surface area contributed by atoms with Crippen molar-refractivity contribution in [1.82, 2.24) is 5.32 Å². The lowest BCUT2D eigenvalue weighted by Crippen LogP contribution is -2.54. The largest absolute Gasteiger partial charge is 0.487 e. The molecule has 1 aliphatic heterocycles. The molecule has 4 amide bonds. The molecule has 4 rings (SSSR count). The summed E-state index contributed by atoms with van der Waals surface area (Å²) < 4.78 is 7.14. The van der Waals surface area contributed by atoms with Gasteiger partial charge in [0, 0.05) is 10.0 Å². The summed E-state index contributed by atoms with van der Waals surface area (Å²) in [6.07, 6.45) is 1.41. The van der Waals surface area contributed by atoms with Crippen molar-refractivity contribution in [2.45, 2.75) is 13.5 Å². The first-order valence-corrected chi connectivity index (χ1v) is 12.5. The summed E-state index contributed by atoms with van der Waals surface area (Å²) in [5.41, 5.74) is 2.23. The Hall–Kier alpha value is -2.65. The van der Waals surface area contributed by atoms with Crippen LogP contribution in [0.1, 0.15) is 16.7 Å². The molecule has 1 fully saturated rings. The molecule has 0 aliphatic carbocycles. The minimum absolute atomic E-state index is 0.197. The molecular formula is C25H16Br2Cl2N2O4. The van der Waals surface area contributed by atoms with Crippen molar-refractivity contribution in [3.05, 3.63) is 95.9 Å². The van der Waals surface area contributed by atoms with E-state index < -0.39 is 17.8 Å². The number of nitrogens with zero attached hydrogens (tertiary/aromatic N) is 1. The summed E-state index contributed by atoms with van der Waals surface area (Å²) in [5, 5.41) is 3.21. The van der Waals surface area contributed by atoms with Crippen LogP contribution in [-0.2, 0) is 16.2 Å². The van der Waals surface area contributed by atoms with Crippen LogP contribution in [0, 0.1) is 6.92 Å².